The van der Waals surface area contributed by atoms with Gasteiger partial charge in [0.05, 0.1) is 18.1 Å². The van der Waals surface area contributed by atoms with Crippen LogP contribution in [0, 0.1) is 11.6 Å². The molecule has 252 valence electrons. The van der Waals surface area contributed by atoms with Gasteiger partial charge in [-0.3, -0.25) is 9.69 Å². The van der Waals surface area contributed by atoms with E-state index >= 15 is 0 Å². The molecule has 1 N–H and O–H groups in total. The highest BCUT2D eigenvalue weighted by Crippen LogP contribution is 2.26. The zero-order valence-corrected chi connectivity index (χ0v) is 28.1. The van der Waals surface area contributed by atoms with E-state index in [9.17, 15) is 18.4 Å². The number of nitrogens with one attached hydrogen (secondary N) is 1. The molecule has 3 atom stereocenters. The van der Waals surface area contributed by atoms with Gasteiger partial charge in [0.15, 0.2) is 0 Å². The Balaban J connectivity index is 0.00000245. The van der Waals surface area contributed by atoms with Gasteiger partial charge in [0.1, 0.15) is 36.4 Å². The molecule has 0 spiro atoms. The van der Waals surface area contributed by atoms with Crippen LogP contribution in [-0.4, -0.2) is 89.2 Å². The highest BCUT2D eigenvalue weighted by molar-refractivity contribution is 6.30. The number of carbonyl (C=O) groups excluding carboxylic acids is 2. The second kappa shape index (κ2) is 16.5. The normalized spacial score (nSPS) is 16.2. The van der Waals surface area contributed by atoms with Gasteiger partial charge in [-0.25, -0.2) is 28.2 Å². The molecule has 0 aliphatic carbocycles. The molecule has 1 aliphatic rings. The molecule has 3 amide bonds. The maximum Gasteiger partial charge on any atom is 0.320 e. The minimum Gasteiger partial charge on any atom is -0.350 e. The fraction of sp³-hybridized carbons (Fsp3) is 0.424. The van der Waals surface area contributed by atoms with Crippen LogP contribution < -0.4 is 5.32 Å². The molecule has 5 rings (SSSR count). The smallest absolute Gasteiger partial charge is 0.320 e. The number of nitrogens with zero attached hydrogens (tertiary/aromatic N) is 8. The Morgan fingerprint density at radius 3 is 2.53 bits per heavy atom. The van der Waals surface area contributed by atoms with Gasteiger partial charge in [-0.2, -0.15) is 5.10 Å². The van der Waals surface area contributed by atoms with Crippen molar-refractivity contribution in [3.8, 4) is 0 Å². The molecule has 3 heterocycles. The number of hydrogen-bond acceptors (Lipinski definition) is 6. The lowest BCUT2D eigenvalue weighted by molar-refractivity contribution is -0.129. The number of urea groups is 1. The molecule has 0 radical (unpaired) electrons. The van der Waals surface area contributed by atoms with Gasteiger partial charge >= 0.3 is 6.03 Å². The first-order valence-corrected chi connectivity index (χ1v) is 16.1. The van der Waals surface area contributed by atoms with Gasteiger partial charge in [0, 0.05) is 69.2 Å². The maximum absolute atomic E-state index is 15.0. The van der Waals surface area contributed by atoms with Gasteiger partial charge in [-0.15, -0.1) is 0 Å². The summed E-state index contributed by atoms with van der Waals surface area (Å²) in [7, 11) is 1.88. The van der Waals surface area contributed by atoms with Crippen molar-refractivity contribution in [2.45, 2.75) is 58.9 Å². The van der Waals surface area contributed by atoms with E-state index in [1.807, 2.05) is 55.5 Å². The maximum atomic E-state index is 15.0. The summed E-state index contributed by atoms with van der Waals surface area (Å²) >= 11 is 6.17. The Morgan fingerprint density at radius 2 is 1.89 bits per heavy atom. The number of aryl methyl sites for hydroxylation is 1. The quantitative estimate of drug-likeness (QED) is 0.258. The minimum absolute atomic E-state index is 0.139. The van der Waals surface area contributed by atoms with E-state index < -0.39 is 29.8 Å². The van der Waals surface area contributed by atoms with Crippen LogP contribution in [0.4, 0.5) is 13.6 Å². The van der Waals surface area contributed by atoms with Crippen molar-refractivity contribution in [3.05, 3.63) is 101 Å². The van der Waals surface area contributed by atoms with Crippen LogP contribution in [0.25, 0.3) is 0 Å². The average molecular weight is 670 g/mol. The summed E-state index contributed by atoms with van der Waals surface area (Å²) < 4.78 is 32.1. The van der Waals surface area contributed by atoms with Gasteiger partial charge in [-0.1, -0.05) is 43.6 Å². The number of benzene rings is 2. The Morgan fingerprint density at radius 1 is 1.11 bits per heavy atom. The van der Waals surface area contributed by atoms with E-state index in [0.29, 0.717) is 37.7 Å². The van der Waals surface area contributed by atoms with E-state index in [-0.39, 0.29) is 24.0 Å². The number of piperazine rings is 1. The summed E-state index contributed by atoms with van der Waals surface area (Å²) in [6.07, 6.45) is 6.18. The lowest BCUT2D eigenvalue weighted by Crippen LogP contribution is -2.62. The first kappa shape index (κ1) is 35.5. The van der Waals surface area contributed by atoms with Gasteiger partial charge in [0.25, 0.3) is 0 Å². The van der Waals surface area contributed by atoms with Crippen LogP contribution in [0.5, 0.6) is 0 Å². The molecule has 1 aliphatic heterocycles. The predicted molar refractivity (Wildman–Crippen MR) is 175 cm³/mol. The van der Waals surface area contributed by atoms with Crippen LogP contribution in [0.1, 0.15) is 50.6 Å². The van der Waals surface area contributed by atoms with Gasteiger partial charge in [0.2, 0.25) is 5.91 Å². The van der Waals surface area contributed by atoms with Crippen LogP contribution in [0.3, 0.4) is 0 Å². The van der Waals surface area contributed by atoms with Crippen LogP contribution in [0.15, 0.2) is 67.6 Å². The number of halogens is 3. The first-order chi connectivity index (χ1) is 22.6. The monoisotopic (exact) mass is 669 g/mol. The summed E-state index contributed by atoms with van der Waals surface area (Å²) in [5.41, 5.74) is 1.97. The number of rotatable bonds is 10. The summed E-state index contributed by atoms with van der Waals surface area (Å²) in [4.78, 5) is 41.5. The molecule has 2 aromatic heterocycles. The Labute approximate surface area is 279 Å². The van der Waals surface area contributed by atoms with Crippen LogP contribution >= 0.6 is 11.6 Å². The number of carbonyl (C=O) groups is 2. The van der Waals surface area contributed by atoms with Crippen molar-refractivity contribution in [2.75, 3.05) is 26.2 Å². The van der Waals surface area contributed by atoms with Crippen molar-refractivity contribution < 1.29 is 18.4 Å². The number of aromatic nitrogens is 5. The minimum atomic E-state index is -0.808. The molecule has 3 unspecified atom stereocenters. The highest BCUT2D eigenvalue weighted by atomic mass is 35.5. The molecule has 2 aromatic carbocycles. The molecule has 0 bridgehead atoms. The summed E-state index contributed by atoms with van der Waals surface area (Å²) in [6.45, 7) is 9.92. The number of imidazole rings is 1. The largest absolute Gasteiger partial charge is 0.350 e. The van der Waals surface area contributed by atoms with E-state index in [0.717, 1.165) is 17.3 Å². The van der Waals surface area contributed by atoms with Crippen molar-refractivity contribution in [3.63, 3.8) is 0 Å². The lowest BCUT2D eigenvalue weighted by Gasteiger charge is -2.42. The SMILES string of the molecule is CC.CCN(Cc1cccc(Cl)c1)C(=O)N1CCN(Cc2cncn2C)C(C(=O)NC(C)C(c2ccc(F)cc2F)n2cncn2)C1. The number of amides is 3. The summed E-state index contributed by atoms with van der Waals surface area (Å²) in [5, 5.41) is 7.81. The molecular weight excluding hydrogens is 628 g/mol. The standard InChI is InChI=1S/C31H36ClF2N9O2.C2H6/c1-4-40(15-22-6-5-7-23(32)12-22)31(45)42-11-10-41(16-25-14-35-19-39(25)3)28(17-42)30(44)38-21(2)29(43-20-36-18-37-43)26-9-8-24(33)13-27(26)34;1-2/h5-9,12-14,18-21,28-29H,4,10-11,15-17H2,1-3H3,(H,38,44);1-2H3. The van der Waals surface area contributed by atoms with Gasteiger partial charge < -0.3 is 19.7 Å². The molecule has 4 aromatic rings. The van der Waals surface area contributed by atoms with E-state index in [1.165, 1.54) is 29.5 Å². The Hall–Kier alpha value is -4.36. The molecule has 1 saturated heterocycles. The predicted octanol–water partition coefficient (Wildman–Crippen LogP) is 4.89. The van der Waals surface area contributed by atoms with Crippen molar-refractivity contribution >= 4 is 23.5 Å². The third-order valence-electron chi connectivity index (χ3n) is 8.11. The third kappa shape index (κ3) is 8.72. The van der Waals surface area contributed by atoms with Crippen molar-refractivity contribution in [1.29, 1.82) is 0 Å². The summed E-state index contributed by atoms with van der Waals surface area (Å²) in [5.74, 6) is -1.81. The Bertz CT molecular complexity index is 1620. The molecule has 11 nitrogen and oxygen atoms in total. The first-order valence-electron chi connectivity index (χ1n) is 15.7. The van der Waals surface area contributed by atoms with E-state index in [2.05, 4.69) is 20.4 Å². The highest BCUT2D eigenvalue weighted by Gasteiger charge is 2.37. The van der Waals surface area contributed by atoms with Crippen LogP contribution in [0.2, 0.25) is 5.02 Å². The molecular formula is C33H42ClF2N9O2. The fourth-order valence-electron chi connectivity index (χ4n) is 5.69. The fourth-order valence-corrected chi connectivity index (χ4v) is 5.90. The second-order valence-electron chi connectivity index (χ2n) is 11.1. The van der Waals surface area contributed by atoms with Crippen LogP contribution in [-0.2, 0) is 24.9 Å². The molecule has 1 fully saturated rings. The molecule has 14 heteroatoms. The van der Waals surface area contributed by atoms with Crippen molar-refractivity contribution in [1.82, 2.24) is 44.3 Å². The molecule has 0 saturated carbocycles. The summed E-state index contributed by atoms with van der Waals surface area (Å²) in [6, 6.07) is 8.29. The lowest BCUT2D eigenvalue weighted by atomic mass is 9.99. The zero-order chi connectivity index (χ0) is 34.1. The van der Waals surface area contributed by atoms with Crippen molar-refractivity contribution in [2.24, 2.45) is 7.05 Å². The zero-order valence-electron chi connectivity index (χ0n) is 27.4. The van der Waals surface area contributed by atoms with E-state index in [4.69, 9.17) is 11.6 Å². The number of hydrogen-bond donors (Lipinski definition) is 1. The second-order valence-corrected chi connectivity index (χ2v) is 11.6. The third-order valence-corrected chi connectivity index (χ3v) is 8.34. The van der Waals surface area contributed by atoms with Gasteiger partial charge in [-0.05, 0) is 37.6 Å². The topological polar surface area (TPSA) is 104 Å². The Kier molecular flexibility index (Phi) is 12.4. The average Bonchev–Trinajstić information content (AvgIpc) is 3.74. The van der Waals surface area contributed by atoms with E-state index in [1.54, 1.807) is 35.3 Å². The molecule has 47 heavy (non-hydrogen) atoms.